The van der Waals surface area contributed by atoms with Crippen LogP contribution in [0.5, 0.6) is 0 Å². The highest BCUT2D eigenvalue weighted by Crippen LogP contribution is 2.28. The van der Waals surface area contributed by atoms with Gasteiger partial charge in [0.25, 0.3) is 0 Å². The molecule has 0 aliphatic carbocycles. The van der Waals surface area contributed by atoms with E-state index >= 15 is 0 Å². The molecule has 82 valence electrons. The van der Waals surface area contributed by atoms with Crippen molar-refractivity contribution in [3.63, 3.8) is 0 Å². The van der Waals surface area contributed by atoms with Gasteiger partial charge in [0, 0.05) is 0 Å². The van der Waals surface area contributed by atoms with Crippen molar-refractivity contribution in [2.45, 2.75) is 13.8 Å². The zero-order valence-electron chi connectivity index (χ0n) is 9.22. The van der Waals surface area contributed by atoms with E-state index < -0.39 is 0 Å². The molecule has 0 heterocycles. The zero-order valence-corrected chi connectivity index (χ0v) is 9.98. The van der Waals surface area contributed by atoms with Crippen molar-refractivity contribution < 1.29 is 4.39 Å². The fourth-order valence-corrected chi connectivity index (χ4v) is 1.91. The topological polar surface area (TPSA) is 0 Å². The molecule has 0 unspecified atom stereocenters. The quantitative estimate of drug-likeness (QED) is 0.667. The summed E-state index contributed by atoms with van der Waals surface area (Å²) in [6.45, 7) is 3.96. The zero-order chi connectivity index (χ0) is 11.7. The van der Waals surface area contributed by atoms with Crippen molar-refractivity contribution in [3.05, 3.63) is 58.4 Å². The molecule has 0 amide bonds. The van der Waals surface area contributed by atoms with E-state index in [9.17, 15) is 4.39 Å². The van der Waals surface area contributed by atoms with Gasteiger partial charge in [-0.25, -0.2) is 4.39 Å². The van der Waals surface area contributed by atoms with Crippen LogP contribution in [0.25, 0.3) is 11.1 Å². The first kappa shape index (κ1) is 11.2. The molecule has 0 saturated carbocycles. The lowest BCUT2D eigenvalue weighted by atomic mass is 9.99. The van der Waals surface area contributed by atoms with Gasteiger partial charge in [0.05, 0.1) is 5.02 Å². The summed E-state index contributed by atoms with van der Waals surface area (Å²) in [5, 5.41) is 0.174. The van der Waals surface area contributed by atoms with Gasteiger partial charge in [-0.1, -0.05) is 41.4 Å². The molecule has 0 bridgehead atoms. The second-order valence-electron chi connectivity index (χ2n) is 3.95. The lowest BCUT2D eigenvalue weighted by molar-refractivity contribution is 0.628. The first-order valence-corrected chi connectivity index (χ1v) is 5.48. The normalized spacial score (nSPS) is 10.5. The Labute approximate surface area is 99.7 Å². The minimum Gasteiger partial charge on any atom is -0.205 e. The van der Waals surface area contributed by atoms with Gasteiger partial charge in [-0.3, -0.25) is 0 Å². The smallest absolute Gasteiger partial charge is 0.142 e. The maximum atomic E-state index is 13.4. The van der Waals surface area contributed by atoms with Crippen LogP contribution in [0.15, 0.2) is 36.4 Å². The maximum absolute atomic E-state index is 13.4. The van der Waals surface area contributed by atoms with Gasteiger partial charge in [-0.15, -0.1) is 0 Å². The van der Waals surface area contributed by atoms with Crippen molar-refractivity contribution in [2.75, 3.05) is 0 Å². The second kappa shape index (κ2) is 4.26. The van der Waals surface area contributed by atoms with Crippen LogP contribution in [-0.4, -0.2) is 0 Å². The first-order valence-electron chi connectivity index (χ1n) is 5.10. The summed E-state index contributed by atoms with van der Waals surface area (Å²) in [5.41, 5.74) is 4.08. The Balaban J connectivity index is 2.56. The number of aryl methyl sites for hydroxylation is 2. The minimum atomic E-state index is -0.372. The Morgan fingerprint density at radius 2 is 1.62 bits per heavy atom. The molecular weight excluding hydrogens is 223 g/mol. The predicted octanol–water partition coefficient (Wildman–Crippen LogP) is 4.76. The third kappa shape index (κ3) is 2.10. The standard InChI is InChI=1S/C14H12ClF/c1-9-3-5-11(6-4-9)12-8-14(16)13(15)7-10(12)2/h3-8H,1-2H3. The van der Waals surface area contributed by atoms with Crippen LogP contribution in [0, 0.1) is 19.7 Å². The summed E-state index contributed by atoms with van der Waals surface area (Å²) >= 11 is 5.72. The van der Waals surface area contributed by atoms with Gasteiger partial charge < -0.3 is 0 Å². The number of rotatable bonds is 1. The van der Waals surface area contributed by atoms with E-state index in [0.29, 0.717) is 0 Å². The van der Waals surface area contributed by atoms with Crippen LogP contribution in [0.1, 0.15) is 11.1 Å². The highest BCUT2D eigenvalue weighted by atomic mass is 35.5. The lowest BCUT2D eigenvalue weighted by Crippen LogP contribution is -1.87. The van der Waals surface area contributed by atoms with Crippen molar-refractivity contribution in [3.8, 4) is 11.1 Å². The number of halogens is 2. The molecule has 16 heavy (non-hydrogen) atoms. The molecule has 0 spiro atoms. The Hall–Kier alpha value is -1.34. The van der Waals surface area contributed by atoms with E-state index in [1.165, 1.54) is 11.6 Å². The van der Waals surface area contributed by atoms with Gasteiger partial charge in [0.2, 0.25) is 0 Å². The monoisotopic (exact) mass is 234 g/mol. The molecular formula is C14H12ClF. The van der Waals surface area contributed by atoms with Crippen LogP contribution < -0.4 is 0 Å². The Morgan fingerprint density at radius 1 is 1.00 bits per heavy atom. The summed E-state index contributed by atoms with van der Waals surface area (Å²) in [6, 6.07) is 11.2. The van der Waals surface area contributed by atoms with Crippen LogP contribution in [0.2, 0.25) is 5.02 Å². The molecule has 0 nitrogen and oxygen atoms in total. The molecule has 0 fully saturated rings. The van der Waals surface area contributed by atoms with Gasteiger partial charge >= 0.3 is 0 Å². The molecule has 0 aliphatic rings. The van der Waals surface area contributed by atoms with Crippen molar-refractivity contribution in [1.29, 1.82) is 0 Å². The molecule has 2 heteroatoms. The van der Waals surface area contributed by atoms with Gasteiger partial charge in [0.1, 0.15) is 5.82 Å². The molecule has 2 aromatic carbocycles. The Kier molecular flexibility index (Phi) is 2.97. The van der Waals surface area contributed by atoms with Crippen LogP contribution >= 0.6 is 11.6 Å². The van der Waals surface area contributed by atoms with E-state index in [2.05, 4.69) is 0 Å². The summed E-state index contributed by atoms with van der Waals surface area (Å²) in [6.07, 6.45) is 0. The summed E-state index contributed by atoms with van der Waals surface area (Å²) in [7, 11) is 0. The summed E-state index contributed by atoms with van der Waals surface area (Å²) in [4.78, 5) is 0. The molecule has 0 N–H and O–H groups in total. The van der Waals surface area contributed by atoms with Crippen LogP contribution in [0.3, 0.4) is 0 Å². The molecule has 0 aromatic heterocycles. The Morgan fingerprint density at radius 3 is 2.25 bits per heavy atom. The predicted molar refractivity (Wildman–Crippen MR) is 66.3 cm³/mol. The van der Waals surface area contributed by atoms with Crippen molar-refractivity contribution in [2.24, 2.45) is 0 Å². The SMILES string of the molecule is Cc1ccc(-c2cc(F)c(Cl)cc2C)cc1. The Bertz CT molecular complexity index is 515. The highest BCUT2D eigenvalue weighted by molar-refractivity contribution is 6.30. The van der Waals surface area contributed by atoms with E-state index in [-0.39, 0.29) is 10.8 Å². The fourth-order valence-electron chi connectivity index (χ4n) is 1.69. The number of hydrogen-bond acceptors (Lipinski definition) is 0. The lowest BCUT2D eigenvalue weighted by Gasteiger charge is -2.07. The van der Waals surface area contributed by atoms with Gasteiger partial charge in [0.15, 0.2) is 0 Å². The van der Waals surface area contributed by atoms with E-state index in [4.69, 9.17) is 11.6 Å². The van der Waals surface area contributed by atoms with E-state index in [0.717, 1.165) is 16.7 Å². The first-order chi connectivity index (χ1) is 7.58. The fraction of sp³-hybridized carbons (Fsp3) is 0.143. The average Bonchev–Trinajstić information content (AvgIpc) is 2.25. The van der Waals surface area contributed by atoms with Gasteiger partial charge in [-0.2, -0.15) is 0 Å². The molecule has 0 saturated heterocycles. The second-order valence-corrected chi connectivity index (χ2v) is 4.35. The number of hydrogen-bond donors (Lipinski definition) is 0. The third-order valence-electron chi connectivity index (χ3n) is 2.63. The summed E-state index contributed by atoms with van der Waals surface area (Å²) < 4.78 is 13.4. The van der Waals surface area contributed by atoms with Crippen molar-refractivity contribution in [1.82, 2.24) is 0 Å². The minimum absolute atomic E-state index is 0.174. The molecule has 0 radical (unpaired) electrons. The van der Waals surface area contributed by atoms with Crippen LogP contribution in [0.4, 0.5) is 4.39 Å². The maximum Gasteiger partial charge on any atom is 0.142 e. The molecule has 2 aromatic rings. The van der Waals surface area contributed by atoms with Gasteiger partial charge in [-0.05, 0) is 42.7 Å². The average molecular weight is 235 g/mol. The molecule has 0 atom stereocenters. The van der Waals surface area contributed by atoms with Crippen LogP contribution in [-0.2, 0) is 0 Å². The highest BCUT2D eigenvalue weighted by Gasteiger charge is 2.07. The van der Waals surface area contributed by atoms with E-state index in [1.807, 2.05) is 38.1 Å². The third-order valence-corrected chi connectivity index (χ3v) is 2.92. The molecule has 2 rings (SSSR count). The van der Waals surface area contributed by atoms with Crippen molar-refractivity contribution >= 4 is 11.6 Å². The van der Waals surface area contributed by atoms with E-state index in [1.54, 1.807) is 6.07 Å². The summed E-state index contributed by atoms with van der Waals surface area (Å²) in [5.74, 6) is -0.372. The largest absolute Gasteiger partial charge is 0.205 e. The number of benzene rings is 2. The molecule has 0 aliphatic heterocycles.